The van der Waals surface area contributed by atoms with Crippen molar-refractivity contribution in [1.82, 2.24) is 14.8 Å². The highest BCUT2D eigenvalue weighted by Gasteiger charge is 2.16. The normalized spacial score (nSPS) is 10.7. The second-order valence-corrected chi connectivity index (χ2v) is 8.92. The zero-order valence-electron chi connectivity index (χ0n) is 21.6. The Bertz CT molecular complexity index is 1560. The molecule has 0 aliphatic rings. The Hall–Kier alpha value is -4.98. The van der Waals surface area contributed by atoms with Gasteiger partial charge in [-0.15, -0.1) is 5.10 Å². The van der Waals surface area contributed by atoms with E-state index in [4.69, 9.17) is 9.47 Å². The fraction of sp³-hybridized carbons (Fsp3) is 0.129. The standard InChI is InChI=1S/C31H27FN4O3/c1-21-7-11-23(12-8-21)29-34-31(39-20-19-22-9-17-26(38-2)18-10-22)35-36(29)25-15-13-24(14-16-25)33-30(37)27-5-3-4-6-28(27)32/h3-18H,19-20H2,1-2H3,(H,33,37). The molecule has 0 aliphatic carbocycles. The number of hydrogen-bond acceptors (Lipinski definition) is 5. The van der Waals surface area contributed by atoms with Crippen molar-refractivity contribution in [2.45, 2.75) is 13.3 Å². The summed E-state index contributed by atoms with van der Waals surface area (Å²) in [5, 5.41) is 7.34. The van der Waals surface area contributed by atoms with Gasteiger partial charge in [0.25, 0.3) is 5.91 Å². The third-order valence-electron chi connectivity index (χ3n) is 6.17. The number of benzene rings is 4. The number of rotatable bonds is 9. The van der Waals surface area contributed by atoms with Crippen LogP contribution in [0, 0.1) is 12.7 Å². The first-order valence-electron chi connectivity index (χ1n) is 12.5. The maximum absolute atomic E-state index is 14.0. The second-order valence-electron chi connectivity index (χ2n) is 8.92. The molecule has 0 bridgehead atoms. The molecule has 0 aliphatic heterocycles. The number of anilines is 1. The Morgan fingerprint density at radius 1 is 0.923 bits per heavy atom. The maximum atomic E-state index is 14.0. The van der Waals surface area contributed by atoms with E-state index < -0.39 is 11.7 Å². The van der Waals surface area contributed by atoms with Gasteiger partial charge in [-0.2, -0.15) is 4.98 Å². The molecule has 0 atom stereocenters. The summed E-state index contributed by atoms with van der Waals surface area (Å²) in [6.07, 6.45) is 0.689. The van der Waals surface area contributed by atoms with Gasteiger partial charge in [-0.05, 0) is 61.0 Å². The number of hydrogen-bond donors (Lipinski definition) is 1. The molecule has 0 spiro atoms. The molecule has 0 radical (unpaired) electrons. The fourth-order valence-corrected chi connectivity index (χ4v) is 4.01. The lowest BCUT2D eigenvalue weighted by Crippen LogP contribution is -2.13. The van der Waals surface area contributed by atoms with Crippen LogP contribution in [0.2, 0.25) is 0 Å². The fourth-order valence-electron chi connectivity index (χ4n) is 4.01. The SMILES string of the molecule is COc1ccc(CCOc2nc(-c3ccc(C)cc3)n(-c3ccc(NC(=O)c4ccccc4F)cc3)n2)cc1. The van der Waals surface area contributed by atoms with E-state index in [0.717, 1.165) is 28.1 Å². The van der Waals surface area contributed by atoms with E-state index in [-0.39, 0.29) is 11.6 Å². The van der Waals surface area contributed by atoms with E-state index in [2.05, 4.69) is 15.4 Å². The zero-order valence-corrected chi connectivity index (χ0v) is 21.6. The van der Waals surface area contributed by atoms with Crippen LogP contribution in [0.3, 0.4) is 0 Å². The van der Waals surface area contributed by atoms with E-state index >= 15 is 0 Å². The minimum Gasteiger partial charge on any atom is -0.497 e. The van der Waals surface area contributed by atoms with Gasteiger partial charge in [0.05, 0.1) is 25.0 Å². The third-order valence-corrected chi connectivity index (χ3v) is 6.17. The number of amides is 1. The van der Waals surface area contributed by atoms with Crippen LogP contribution in [-0.2, 0) is 6.42 Å². The summed E-state index contributed by atoms with van der Waals surface area (Å²) in [5.41, 5.74) is 4.37. The first kappa shape index (κ1) is 25.7. The summed E-state index contributed by atoms with van der Waals surface area (Å²) in [6, 6.07) is 29.0. The number of nitrogens with one attached hydrogen (secondary N) is 1. The van der Waals surface area contributed by atoms with Gasteiger partial charge in [0.2, 0.25) is 0 Å². The average molecular weight is 523 g/mol. The van der Waals surface area contributed by atoms with Gasteiger partial charge >= 0.3 is 6.01 Å². The lowest BCUT2D eigenvalue weighted by Gasteiger charge is -2.09. The van der Waals surface area contributed by atoms with Crippen molar-refractivity contribution >= 4 is 11.6 Å². The van der Waals surface area contributed by atoms with Crippen LogP contribution in [0.4, 0.5) is 10.1 Å². The molecule has 0 saturated carbocycles. The van der Waals surface area contributed by atoms with Crippen molar-refractivity contribution in [1.29, 1.82) is 0 Å². The number of methoxy groups -OCH3 is 1. The van der Waals surface area contributed by atoms with Gasteiger partial charge in [0.15, 0.2) is 5.82 Å². The van der Waals surface area contributed by atoms with Crippen LogP contribution in [0.15, 0.2) is 97.1 Å². The largest absolute Gasteiger partial charge is 0.497 e. The smallest absolute Gasteiger partial charge is 0.336 e. The number of carbonyl (C=O) groups excluding carboxylic acids is 1. The van der Waals surface area contributed by atoms with Crippen LogP contribution in [0.5, 0.6) is 11.8 Å². The molecule has 4 aromatic carbocycles. The van der Waals surface area contributed by atoms with Gasteiger partial charge in [0.1, 0.15) is 11.6 Å². The van der Waals surface area contributed by atoms with Crippen LogP contribution in [-0.4, -0.2) is 34.4 Å². The summed E-state index contributed by atoms with van der Waals surface area (Å²) in [4.78, 5) is 17.2. The maximum Gasteiger partial charge on any atom is 0.336 e. The molecule has 1 N–H and O–H groups in total. The van der Waals surface area contributed by atoms with Gasteiger partial charge in [-0.25, -0.2) is 9.07 Å². The van der Waals surface area contributed by atoms with E-state index in [9.17, 15) is 9.18 Å². The highest BCUT2D eigenvalue weighted by molar-refractivity contribution is 6.04. The average Bonchev–Trinajstić information content (AvgIpc) is 3.38. The first-order chi connectivity index (χ1) is 19.0. The molecule has 0 saturated heterocycles. The van der Waals surface area contributed by atoms with E-state index in [1.807, 2.05) is 67.6 Å². The number of ether oxygens (including phenoxy) is 2. The summed E-state index contributed by atoms with van der Waals surface area (Å²) in [7, 11) is 1.64. The third kappa shape index (κ3) is 6.13. The van der Waals surface area contributed by atoms with Crippen LogP contribution in [0.1, 0.15) is 21.5 Å². The summed E-state index contributed by atoms with van der Waals surface area (Å²) < 4.78 is 26.8. The molecular weight excluding hydrogens is 495 g/mol. The number of halogens is 1. The van der Waals surface area contributed by atoms with Crippen molar-refractivity contribution in [3.63, 3.8) is 0 Å². The molecule has 196 valence electrons. The van der Waals surface area contributed by atoms with Crippen LogP contribution in [0.25, 0.3) is 17.1 Å². The summed E-state index contributed by atoms with van der Waals surface area (Å²) >= 11 is 0. The molecule has 39 heavy (non-hydrogen) atoms. The predicted octanol–water partition coefficient (Wildman–Crippen LogP) is 6.26. The van der Waals surface area contributed by atoms with Gasteiger partial charge in [-0.3, -0.25) is 4.79 Å². The van der Waals surface area contributed by atoms with E-state index in [0.29, 0.717) is 24.5 Å². The molecule has 0 unspecified atom stereocenters. The van der Waals surface area contributed by atoms with Gasteiger partial charge in [0, 0.05) is 17.7 Å². The van der Waals surface area contributed by atoms with Crippen molar-refractivity contribution in [3.8, 4) is 28.8 Å². The lowest BCUT2D eigenvalue weighted by atomic mass is 10.1. The highest BCUT2D eigenvalue weighted by Crippen LogP contribution is 2.25. The molecule has 5 aromatic rings. The topological polar surface area (TPSA) is 78.3 Å². The molecule has 1 heterocycles. The summed E-state index contributed by atoms with van der Waals surface area (Å²) in [6.45, 7) is 2.43. The Balaban J connectivity index is 1.35. The first-order valence-corrected chi connectivity index (χ1v) is 12.5. The van der Waals surface area contributed by atoms with Gasteiger partial charge < -0.3 is 14.8 Å². The number of carbonyl (C=O) groups is 1. The highest BCUT2D eigenvalue weighted by atomic mass is 19.1. The van der Waals surface area contributed by atoms with E-state index in [1.165, 1.54) is 12.1 Å². The van der Waals surface area contributed by atoms with Crippen molar-refractivity contribution < 1.29 is 18.7 Å². The Morgan fingerprint density at radius 3 is 2.33 bits per heavy atom. The Labute approximate surface area is 225 Å². The molecule has 5 rings (SSSR count). The zero-order chi connectivity index (χ0) is 27.2. The van der Waals surface area contributed by atoms with E-state index in [1.54, 1.807) is 36.1 Å². The number of aryl methyl sites for hydroxylation is 1. The minimum absolute atomic E-state index is 0.0176. The van der Waals surface area contributed by atoms with Crippen molar-refractivity contribution in [2.75, 3.05) is 19.0 Å². The minimum atomic E-state index is -0.573. The van der Waals surface area contributed by atoms with Gasteiger partial charge in [-0.1, -0.05) is 54.1 Å². The Kier molecular flexibility index (Phi) is 7.63. The predicted molar refractivity (Wildman–Crippen MR) is 148 cm³/mol. The second kappa shape index (κ2) is 11.6. The van der Waals surface area contributed by atoms with Crippen LogP contribution < -0.4 is 14.8 Å². The number of nitrogens with zero attached hydrogens (tertiary/aromatic N) is 3. The quantitative estimate of drug-likeness (QED) is 0.247. The monoisotopic (exact) mass is 522 g/mol. The van der Waals surface area contributed by atoms with Crippen molar-refractivity contribution in [2.24, 2.45) is 0 Å². The molecule has 1 aromatic heterocycles. The lowest BCUT2D eigenvalue weighted by molar-refractivity contribution is 0.102. The van der Waals surface area contributed by atoms with Crippen molar-refractivity contribution in [3.05, 3.63) is 120 Å². The molecule has 7 nitrogen and oxygen atoms in total. The number of aromatic nitrogens is 3. The summed E-state index contributed by atoms with van der Waals surface area (Å²) in [5.74, 6) is 0.337. The Morgan fingerprint density at radius 2 is 1.64 bits per heavy atom. The molecule has 0 fully saturated rings. The van der Waals surface area contributed by atoms with Crippen LogP contribution >= 0.6 is 0 Å². The molecular formula is C31H27FN4O3. The molecule has 1 amide bonds. The molecule has 8 heteroatoms.